The number of para-hydroxylation sites is 1. The monoisotopic (exact) mass is 1210 g/mol. The van der Waals surface area contributed by atoms with Crippen molar-refractivity contribution in [3.05, 3.63) is 297 Å². The van der Waals surface area contributed by atoms with Crippen molar-refractivity contribution in [1.82, 2.24) is 4.40 Å². The smallest absolute Gasteiger partial charge is 0.143 e. The Morgan fingerprint density at radius 1 is 0.255 bits per heavy atom. The van der Waals surface area contributed by atoms with Gasteiger partial charge in [0.1, 0.15) is 22.3 Å². The van der Waals surface area contributed by atoms with Gasteiger partial charge in [0.05, 0.1) is 22.2 Å². The van der Waals surface area contributed by atoms with E-state index < -0.39 is 0 Å². The van der Waals surface area contributed by atoms with Crippen LogP contribution in [0.3, 0.4) is 0 Å². The van der Waals surface area contributed by atoms with Crippen molar-refractivity contribution in [2.75, 3.05) is 9.80 Å². The molecule has 22 aromatic rings. The predicted molar refractivity (Wildman–Crippen MR) is 400 cm³/mol. The molecule has 6 heteroatoms. The minimum absolute atomic E-state index is 0.869. The average Bonchev–Trinajstić information content (AvgIpc) is 1.52. The van der Waals surface area contributed by atoms with Gasteiger partial charge in [-0.05, 0) is 151 Å². The first-order valence-electron chi connectivity index (χ1n) is 32.2. The van der Waals surface area contributed by atoms with E-state index in [0.29, 0.717) is 0 Å². The molecular weight excluding hydrogens is 1160 g/mol. The summed E-state index contributed by atoms with van der Waals surface area (Å²) in [5.74, 6) is 0. The highest BCUT2D eigenvalue weighted by Gasteiger charge is 2.27. The molecule has 22 rings (SSSR count). The SMILES string of the molecule is c1ccc2c(c1)ccc1ccc(N(c3ccc4c(c3)sc3c4ccc4c3ccc3c5ccc(N(c6ccc7ccc8ccccc8c7c6)c6ccc7oc8c9ccccc9ccc8c7c6)c6c7ccccc7n(c43)c56)c3ccc4oc5c6ccccc6ccc5c4c3)cc12. The van der Waals surface area contributed by atoms with Crippen molar-refractivity contribution in [2.45, 2.75) is 0 Å². The van der Waals surface area contributed by atoms with Gasteiger partial charge in [0.25, 0.3) is 0 Å². The van der Waals surface area contributed by atoms with Gasteiger partial charge in [-0.25, -0.2) is 0 Å². The standard InChI is InChI=1S/C88H49N3O2S/c1-5-15-61-50(11-1)21-23-54-25-29-56(45-74(54)61)89(57-32-43-80-76(47-57)69-34-27-52-13-3-7-17-63(52)86(69)92-80)60-31-36-65-71-39-38-68-72(88(71)94-82(65)49-60)40-37-66-67-41-42-79(83-73-19-9-10-20-78(73)91(84(66)68)85(67)83)90(58-30-26-55-24-22-51-12-2-6-16-62(51)75(55)46-58)59-33-44-81-77(48-59)70-35-28-53-14-4-8-18-64(53)87(70)93-81/h1-49H. The summed E-state index contributed by atoms with van der Waals surface area (Å²) in [6.07, 6.45) is 0. The molecule has 0 bridgehead atoms. The Bertz CT molecular complexity index is 7090. The van der Waals surface area contributed by atoms with Crippen LogP contribution < -0.4 is 9.80 Å². The first-order chi connectivity index (χ1) is 46.6. The lowest BCUT2D eigenvalue weighted by Gasteiger charge is -2.27. The van der Waals surface area contributed by atoms with Crippen LogP contribution in [0.2, 0.25) is 0 Å². The van der Waals surface area contributed by atoms with Crippen molar-refractivity contribution in [2.24, 2.45) is 0 Å². The summed E-state index contributed by atoms with van der Waals surface area (Å²) >= 11 is 1.89. The number of hydrogen-bond acceptors (Lipinski definition) is 5. The molecule has 0 aliphatic carbocycles. The first-order valence-corrected chi connectivity index (χ1v) is 33.0. The third kappa shape index (κ3) is 6.96. The molecule has 434 valence electrons. The molecule has 0 aliphatic rings. The minimum atomic E-state index is 0.869. The molecule has 0 saturated heterocycles. The van der Waals surface area contributed by atoms with Gasteiger partial charge in [0.2, 0.25) is 0 Å². The number of anilines is 6. The number of rotatable bonds is 6. The second-order valence-electron chi connectivity index (χ2n) is 25.4. The maximum atomic E-state index is 6.76. The summed E-state index contributed by atoms with van der Waals surface area (Å²) in [4.78, 5) is 4.93. The lowest BCUT2D eigenvalue weighted by Crippen LogP contribution is -2.10. The topological polar surface area (TPSA) is 37.2 Å². The molecule has 94 heavy (non-hydrogen) atoms. The summed E-state index contributed by atoms with van der Waals surface area (Å²) in [6, 6.07) is 110. The Labute approximate surface area is 539 Å². The molecular formula is C88H49N3O2S. The van der Waals surface area contributed by atoms with E-state index in [4.69, 9.17) is 8.83 Å². The summed E-state index contributed by atoms with van der Waals surface area (Å²) in [5, 5.41) is 28.6. The van der Waals surface area contributed by atoms with Gasteiger partial charge >= 0.3 is 0 Å². The van der Waals surface area contributed by atoms with Crippen LogP contribution in [0.4, 0.5) is 34.1 Å². The van der Waals surface area contributed by atoms with Crippen molar-refractivity contribution in [1.29, 1.82) is 0 Å². The summed E-state index contributed by atoms with van der Waals surface area (Å²) in [6.45, 7) is 0. The first kappa shape index (κ1) is 50.5. The molecule has 0 amide bonds. The van der Waals surface area contributed by atoms with Crippen LogP contribution in [-0.2, 0) is 0 Å². The third-order valence-electron chi connectivity index (χ3n) is 20.6. The fraction of sp³-hybridized carbons (Fsp3) is 0. The van der Waals surface area contributed by atoms with Gasteiger partial charge in [0, 0.05) is 113 Å². The lowest BCUT2D eigenvalue weighted by atomic mass is 9.99. The fourth-order valence-corrected chi connectivity index (χ4v) is 17.6. The normalized spacial score (nSPS) is 12.5. The van der Waals surface area contributed by atoms with Gasteiger partial charge in [-0.2, -0.15) is 0 Å². The van der Waals surface area contributed by atoms with Gasteiger partial charge in [0.15, 0.2) is 0 Å². The third-order valence-corrected chi connectivity index (χ3v) is 21.8. The number of benzene rings is 17. The minimum Gasteiger partial charge on any atom is -0.455 e. The van der Waals surface area contributed by atoms with E-state index in [1.54, 1.807) is 0 Å². The Balaban J connectivity index is 0.745. The molecule has 0 atom stereocenters. The molecule has 17 aromatic carbocycles. The maximum Gasteiger partial charge on any atom is 0.143 e. The Kier molecular flexibility index (Phi) is 10.1. The molecule has 0 N–H and O–H groups in total. The molecule has 0 spiro atoms. The highest BCUT2D eigenvalue weighted by molar-refractivity contribution is 7.26. The van der Waals surface area contributed by atoms with E-state index >= 15 is 0 Å². The van der Waals surface area contributed by atoms with Crippen LogP contribution in [0.1, 0.15) is 0 Å². The second-order valence-corrected chi connectivity index (χ2v) is 26.5. The van der Waals surface area contributed by atoms with Gasteiger partial charge in [-0.15, -0.1) is 11.3 Å². The zero-order chi connectivity index (χ0) is 61.0. The van der Waals surface area contributed by atoms with E-state index in [1.807, 2.05) is 11.3 Å². The van der Waals surface area contributed by atoms with E-state index in [0.717, 1.165) is 94.2 Å². The molecule has 0 unspecified atom stereocenters. The van der Waals surface area contributed by atoms with Crippen LogP contribution in [0, 0.1) is 0 Å². The highest BCUT2D eigenvalue weighted by atomic mass is 32.1. The molecule has 5 nitrogen and oxygen atoms in total. The molecule has 5 heterocycles. The van der Waals surface area contributed by atoms with Crippen LogP contribution in [-0.4, -0.2) is 4.40 Å². The number of hydrogen-bond donors (Lipinski definition) is 0. The van der Waals surface area contributed by atoms with E-state index in [9.17, 15) is 0 Å². The quantitative estimate of drug-likeness (QED) is 0.156. The lowest BCUT2D eigenvalue weighted by molar-refractivity contribution is 0.672. The van der Waals surface area contributed by atoms with E-state index in [2.05, 4.69) is 311 Å². The zero-order valence-corrected chi connectivity index (χ0v) is 51.2. The fourth-order valence-electron chi connectivity index (χ4n) is 16.3. The summed E-state index contributed by atoms with van der Waals surface area (Å²) in [7, 11) is 0. The summed E-state index contributed by atoms with van der Waals surface area (Å²) in [5.41, 5.74) is 13.7. The van der Waals surface area contributed by atoms with Crippen LogP contribution >= 0.6 is 11.3 Å². The zero-order valence-electron chi connectivity index (χ0n) is 50.4. The largest absolute Gasteiger partial charge is 0.455 e. The molecule has 0 aliphatic heterocycles. The number of thiophene rings is 1. The Morgan fingerprint density at radius 3 is 1.23 bits per heavy atom. The van der Waals surface area contributed by atoms with E-state index in [-0.39, 0.29) is 0 Å². The van der Waals surface area contributed by atoms with Gasteiger partial charge < -0.3 is 23.0 Å². The molecule has 0 radical (unpaired) electrons. The van der Waals surface area contributed by atoms with Crippen molar-refractivity contribution >= 4 is 223 Å². The van der Waals surface area contributed by atoms with E-state index in [1.165, 1.54) is 118 Å². The van der Waals surface area contributed by atoms with Gasteiger partial charge in [-0.1, -0.05) is 200 Å². The van der Waals surface area contributed by atoms with Crippen molar-refractivity contribution < 1.29 is 8.83 Å². The summed E-state index contributed by atoms with van der Waals surface area (Å²) < 4.78 is 18.6. The van der Waals surface area contributed by atoms with Gasteiger partial charge in [-0.3, -0.25) is 0 Å². The maximum absolute atomic E-state index is 6.76. The Hall–Kier alpha value is -12.2. The van der Waals surface area contributed by atoms with Crippen LogP contribution in [0.5, 0.6) is 0 Å². The molecule has 0 saturated carbocycles. The average molecular weight is 1210 g/mol. The number of aromatic nitrogens is 1. The Morgan fingerprint density at radius 2 is 0.638 bits per heavy atom. The van der Waals surface area contributed by atoms with Crippen LogP contribution in [0.15, 0.2) is 306 Å². The second kappa shape index (κ2) is 18.7. The number of furan rings is 2. The highest BCUT2D eigenvalue weighted by Crippen LogP contribution is 2.52. The number of fused-ring (bicyclic) bond motifs is 28. The predicted octanol–water partition coefficient (Wildman–Crippen LogP) is 26.0. The molecule has 5 aromatic heterocycles. The number of nitrogens with zero attached hydrogens (tertiary/aromatic N) is 3. The van der Waals surface area contributed by atoms with Crippen molar-refractivity contribution in [3.8, 4) is 0 Å². The van der Waals surface area contributed by atoms with Crippen LogP contribution in [0.25, 0.3) is 178 Å². The van der Waals surface area contributed by atoms with Crippen molar-refractivity contribution in [3.63, 3.8) is 0 Å². The molecule has 0 fully saturated rings.